The highest BCUT2D eigenvalue weighted by Gasteiger charge is 2.37. The third-order valence-electron chi connectivity index (χ3n) is 3.16. The van der Waals surface area contributed by atoms with Crippen molar-refractivity contribution >= 4 is 5.91 Å². The van der Waals surface area contributed by atoms with Crippen molar-refractivity contribution in [3.63, 3.8) is 0 Å². The molecule has 98 valence electrons. The maximum absolute atomic E-state index is 12.0. The highest BCUT2D eigenvalue weighted by molar-refractivity contribution is 5.83. The Morgan fingerprint density at radius 2 is 2.17 bits per heavy atom. The molecule has 1 saturated heterocycles. The van der Waals surface area contributed by atoms with Crippen molar-refractivity contribution in [2.45, 2.75) is 32.0 Å². The molecule has 0 radical (unpaired) electrons. The average Bonchev–Trinajstić information content (AvgIpc) is 2.28. The van der Waals surface area contributed by atoms with Gasteiger partial charge in [0.1, 0.15) is 6.04 Å². The Bertz CT molecular complexity index is 418. The second kappa shape index (κ2) is 5.04. The highest BCUT2D eigenvalue weighted by atomic mass is 16.2. The number of carbonyl (C=O) groups is 1. The monoisotopic (exact) mass is 248 g/mol. The molecule has 5 heteroatoms. The van der Waals surface area contributed by atoms with Crippen molar-refractivity contribution in [1.82, 2.24) is 15.2 Å². The Morgan fingerprint density at radius 3 is 2.78 bits per heavy atom. The summed E-state index contributed by atoms with van der Waals surface area (Å²) in [7, 11) is 0. The Kier molecular flexibility index (Phi) is 3.63. The van der Waals surface area contributed by atoms with Crippen molar-refractivity contribution in [2.24, 2.45) is 5.73 Å². The van der Waals surface area contributed by atoms with Crippen LogP contribution in [0.2, 0.25) is 0 Å². The first-order chi connectivity index (χ1) is 8.52. The first-order valence-electron chi connectivity index (χ1n) is 6.17. The van der Waals surface area contributed by atoms with Gasteiger partial charge in [0.25, 0.3) is 0 Å². The van der Waals surface area contributed by atoms with Crippen LogP contribution in [0, 0.1) is 0 Å². The largest absolute Gasteiger partial charge is 0.349 e. The summed E-state index contributed by atoms with van der Waals surface area (Å²) in [5, 5.41) is 3.00. The molecule has 0 aliphatic carbocycles. The zero-order valence-electron chi connectivity index (χ0n) is 10.9. The molecule has 1 aliphatic rings. The summed E-state index contributed by atoms with van der Waals surface area (Å²) in [6.07, 6.45) is 3.53. The Labute approximate surface area is 107 Å². The number of nitrogens with two attached hydrogens (primary N) is 1. The van der Waals surface area contributed by atoms with E-state index < -0.39 is 0 Å². The van der Waals surface area contributed by atoms with E-state index >= 15 is 0 Å². The van der Waals surface area contributed by atoms with E-state index in [-0.39, 0.29) is 17.5 Å². The molecular formula is C13H20N4O. The molecule has 1 fully saturated rings. The number of hydrogen-bond acceptors (Lipinski definition) is 4. The van der Waals surface area contributed by atoms with Gasteiger partial charge >= 0.3 is 0 Å². The van der Waals surface area contributed by atoms with E-state index in [9.17, 15) is 4.79 Å². The van der Waals surface area contributed by atoms with Crippen molar-refractivity contribution in [3.05, 3.63) is 30.1 Å². The van der Waals surface area contributed by atoms with E-state index in [0.29, 0.717) is 6.54 Å². The smallest absolute Gasteiger partial charge is 0.239 e. The minimum atomic E-state index is -0.244. The van der Waals surface area contributed by atoms with Crippen LogP contribution in [0.4, 0.5) is 0 Å². The molecular weight excluding hydrogens is 228 g/mol. The molecule has 0 bridgehead atoms. The predicted molar refractivity (Wildman–Crippen MR) is 69.7 cm³/mol. The maximum atomic E-state index is 12.0. The zero-order chi connectivity index (χ0) is 13.2. The summed E-state index contributed by atoms with van der Waals surface area (Å²) in [5.41, 5.74) is 6.65. The first kappa shape index (κ1) is 13.0. The number of hydrogen-bond donors (Lipinski definition) is 2. The van der Waals surface area contributed by atoms with Gasteiger partial charge in [0.2, 0.25) is 5.91 Å². The van der Waals surface area contributed by atoms with Gasteiger partial charge in [-0.1, -0.05) is 0 Å². The van der Waals surface area contributed by atoms with Gasteiger partial charge in [-0.3, -0.25) is 14.7 Å². The second-order valence-corrected chi connectivity index (χ2v) is 5.39. The number of nitrogens with zero attached hydrogens (tertiary/aromatic N) is 2. The molecule has 2 heterocycles. The molecule has 1 amide bonds. The van der Waals surface area contributed by atoms with Gasteiger partial charge in [-0.15, -0.1) is 0 Å². The molecule has 3 N–H and O–H groups in total. The molecule has 5 nitrogen and oxygen atoms in total. The van der Waals surface area contributed by atoms with Crippen molar-refractivity contribution in [1.29, 1.82) is 0 Å². The van der Waals surface area contributed by atoms with Crippen LogP contribution in [0.5, 0.6) is 0 Å². The van der Waals surface area contributed by atoms with Gasteiger partial charge in [0.15, 0.2) is 0 Å². The SMILES string of the molecule is CC1(C)CN(Cc2ccncc2)C(CN)C(=O)N1. The van der Waals surface area contributed by atoms with Gasteiger partial charge in [0.05, 0.1) is 0 Å². The summed E-state index contributed by atoms with van der Waals surface area (Å²) in [4.78, 5) is 18.1. The van der Waals surface area contributed by atoms with Crippen LogP contribution in [0.1, 0.15) is 19.4 Å². The predicted octanol–water partition coefficient (Wildman–Crippen LogP) is 0.119. The number of amides is 1. The van der Waals surface area contributed by atoms with Crippen LogP contribution in [0.3, 0.4) is 0 Å². The zero-order valence-corrected chi connectivity index (χ0v) is 10.9. The van der Waals surface area contributed by atoms with E-state index in [1.807, 2.05) is 26.0 Å². The molecule has 0 spiro atoms. The summed E-state index contributed by atoms with van der Waals surface area (Å²) in [6.45, 7) is 5.91. The van der Waals surface area contributed by atoms with Crippen LogP contribution in [-0.4, -0.2) is 40.5 Å². The van der Waals surface area contributed by atoms with Crippen molar-refractivity contribution in [3.8, 4) is 0 Å². The van der Waals surface area contributed by atoms with Gasteiger partial charge in [0, 0.05) is 37.6 Å². The Morgan fingerprint density at radius 1 is 1.50 bits per heavy atom. The summed E-state index contributed by atoms with van der Waals surface area (Å²) < 4.78 is 0. The van der Waals surface area contributed by atoms with Crippen molar-refractivity contribution < 1.29 is 4.79 Å². The topological polar surface area (TPSA) is 71.2 Å². The summed E-state index contributed by atoms with van der Waals surface area (Å²) in [6, 6.07) is 3.69. The minimum Gasteiger partial charge on any atom is -0.349 e. The minimum absolute atomic E-state index is 0.0165. The molecule has 0 saturated carbocycles. The van der Waals surface area contributed by atoms with Crippen LogP contribution in [-0.2, 0) is 11.3 Å². The average molecular weight is 248 g/mol. The molecule has 1 unspecified atom stereocenters. The fraction of sp³-hybridized carbons (Fsp3) is 0.538. The van der Waals surface area contributed by atoms with E-state index in [2.05, 4.69) is 15.2 Å². The lowest BCUT2D eigenvalue weighted by Gasteiger charge is -2.43. The summed E-state index contributed by atoms with van der Waals surface area (Å²) >= 11 is 0. The number of carbonyl (C=O) groups excluding carboxylic acids is 1. The molecule has 2 rings (SSSR count). The summed E-state index contributed by atoms with van der Waals surface area (Å²) in [5.74, 6) is 0.0165. The number of piperazine rings is 1. The van der Waals surface area contributed by atoms with Crippen LogP contribution >= 0.6 is 0 Å². The number of nitrogens with one attached hydrogen (secondary N) is 1. The molecule has 1 aromatic rings. The lowest BCUT2D eigenvalue weighted by atomic mass is 9.97. The van der Waals surface area contributed by atoms with Crippen LogP contribution in [0.25, 0.3) is 0 Å². The van der Waals surface area contributed by atoms with Crippen LogP contribution in [0.15, 0.2) is 24.5 Å². The van der Waals surface area contributed by atoms with Crippen molar-refractivity contribution in [2.75, 3.05) is 13.1 Å². The third-order valence-corrected chi connectivity index (χ3v) is 3.16. The van der Waals surface area contributed by atoms with E-state index in [1.54, 1.807) is 12.4 Å². The normalized spacial score (nSPS) is 23.7. The van der Waals surface area contributed by atoms with Gasteiger partial charge in [-0.25, -0.2) is 0 Å². The number of pyridine rings is 1. The van der Waals surface area contributed by atoms with E-state index in [0.717, 1.165) is 18.7 Å². The Hall–Kier alpha value is -1.46. The quantitative estimate of drug-likeness (QED) is 0.797. The van der Waals surface area contributed by atoms with Gasteiger partial charge < -0.3 is 11.1 Å². The number of aromatic nitrogens is 1. The fourth-order valence-corrected chi connectivity index (χ4v) is 2.39. The standard InChI is InChI=1S/C13H20N4O/c1-13(2)9-17(11(7-14)12(18)16-13)8-10-3-5-15-6-4-10/h3-6,11H,7-9,14H2,1-2H3,(H,16,18). The highest BCUT2D eigenvalue weighted by Crippen LogP contribution is 2.18. The fourth-order valence-electron chi connectivity index (χ4n) is 2.39. The van der Waals surface area contributed by atoms with E-state index in [1.165, 1.54) is 0 Å². The van der Waals surface area contributed by atoms with Crippen LogP contribution < -0.4 is 11.1 Å². The van der Waals surface area contributed by atoms with E-state index in [4.69, 9.17) is 5.73 Å². The maximum Gasteiger partial charge on any atom is 0.239 e. The molecule has 1 aromatic heterocycles. The molecule has 1 atom stereocenters. The number of rotatable bonds is 3. The second-order valence-electron chi connectivity index (χ2n) is 5.39. The molecule has 1 aliphatic heterocycles. The van der Waals surface area contributed by atoms with Gasteiger partial charge in [-0.2, -0.15) is 0 Å². The molecule has 0 aromatic carbocycles. The molecule has 18 heavy (non-hydrogen) atoms. The third kappa shape index (κ3) is 2.86. The lowest BCUT2D eigenvalue weighted by molar-refractivity contribution is -0.132. The first-order valence-corrected chi connectivity index (χ1v) is 6.17. The van der Waals surface area contributed by atoms with Gasteiger partial charge in [-0.05, 0) is 31.5 Å². The Balaban J connectivity index is 2.15. The lowest BCUT2D eigenvalue weighted by Crippen LogP contribution is -2.66.